The Labute approximate surface area is 141 Å². The third-order valence-corrected chi connectivity index (χ3v) is 3.91. The Bertz CT molecular complexity index is 1020. The van der Waals surface area contributed by atoms with Crippen LogP contribution in [0.5, 0.6) is 0 Å². The highest BCUT2D eigenvalue weighted by Gasteiger charge is 2.30. The number of aromatic nitrogens is 3. The summed E-state index contributed by atoms with van der Waals surface area (Å²) >= 11 is 0. The van der Waals surface area contributed by atoms with Gasteiger partial charge in [0, 0.05) is 11.8 Å². The van der Waals surface area contributed by atoms with Crippen molar-refractivity contribution in [2.75, 3.05) is 0 Å². The molecule has 0 N–H and O–H groups in total. The normalized spacial score (nSPS) is 11.8. The molecular weight excluding hydrogens is 327 g/mol. The first kappa shape index (κ1) is 15.4. The Kier molecular flexibility index (Phi) is 3.53. The van der Waals surface area contributed by atoms with Gasteiger partial charge < -0.3 is 0 Å². The van der Waals surface area contributed by atoms with Gasteiger partial charge in [-0.2, -0.15) is 13.2 Å². The molecule has 0 atom stereocenters. The lowest BCUT2D eigenvalue weighted by Crippen LogP contribution is -2.04. The molecule has 2 aromatic heterocycles. The number of imidazole rings is 1. The summed E-state index contributed by atoms with van der Waals surface area (Å²) in [5.41, 5.74) is 1.51. The molecule has 0 saturated heterocycles. The maximum atomic E-state index is 12.8. The van der Waals surface area contributed by atoms with Gasteiger partial charge in [0.05, 0.1) is 16.6 Å². The van der Waals surface area contributed by atoms with E-state index in [1.807, 2.05) is 41.0 Å². The molecule has 0 unspecified atom stereocenters. The Morgan fingerprint density at radius 3 is 2.20 bits per heavy atom. The number of hydrogen-bond acceptors (Lipinski definition) is 2. The summed E-state index contributed by atoms with van der Waals surface area (Å²) in [6.07, 6.45) is -2.69. The highest BCUT2D eigenvalue weighted by Crippen LogP contribution is 2.32. The molecule has 0 spiro atoms. The zero-order valence-corrected chi connectivity index (χ0v) is 12.9. The number of fused-ring (bicyclic) bond motifs is 1. The van der Waals surface area contributed by atoms with Crippen LogP contribution < -0.4 is 0 Å². The van der Waals surface area contributed by atoms with Crippen LogP contribution in [0.2, 0.25) is 0 Å². The number of pyridine rings is 1. The molecule has 0 aliphatic heterocycles. The van der Waals surface area contributed by atoms with Crippen molar-refractivity contribution in [1.82, 2.24) is 14.5 Å². The number of para-hydroxylation sites is 2. The number of hydrogen-bond donors (Lipinski definition) is 0. The maximum Gasteiger partial charge on any atom is 0.416 e. The van der Waals surface area contributed by atoms with Crippen molar-refractivity contribution in [3.63, 3.8) is 0 Å². The van der Waals surface area contributed by atoms with E-state index in [4.69, 9.17) is 0 Å². The van der Waals surface area contributed by atoms with Crippen LogP contribution in [0.3, 0.4) is 0 Å². The SMILES string of the molecule is FC(F)(F)c1ccc(-c2nc3ccccc3n2-c2ccccn2)cc1. The molecule has 2 aromatic carbocycles. The summed E-state index contributed by atoms with van der Waals surface area (Å²) in [4.78, 5) is 8.95. The van der Waals surface area contributed by atoms with Crippen molar-refractivity contribution in [2.24, 2.45) is 0 Å². The van der Waals surface area contributed by atoms with Crippen LogP contribution in [0, 0.1) is 0 Å². The lowest BCUT2D eigenvalue weighted by molar-refractivity contribution is -0.137. The van der Waals surface area contributed by atoms with Crippen molar-refractivity contribution >= 4 is 11.0 Å². The molecule has 25 heavy (non-hydrogen) atoms. The van der Waals surface area contributed by atoms with Gasteiger partial charge in [-0.15, -0.1) is 0 Å². The van der Waals surface area contributed by atoms with E-state index in [1.165, 1.54) is 12.1 Å². The molecule has 0 aliphatic rings. The monoisotopic (exact) mass is 339 g/mol. The van der Waals surface area contributed by atoms with E-state index >= 15 is 0 Å². The topological polar surface area (TPSA) is 30.7 Å². The van der Waals surface area contributed by atoms with E-state index < -0.39 is 11.7 Å². The minimum absolute atomic E-state index is 0.550. The summed E-state index contributed by atoms with van der Waals surface area (Å²) in [5, 5.41) is 0. The zero-order chi connectivity index (χ0) is 17.4. The summed E-state index contributed by atoms with van der Waals surface area (Å²) < 4.78 is 40.3. The number of benzene rings is 2. The van der Waals surface area contributed by atoms with Gasteiger partial charge in [0.2, 0.25) is 0 Å². The number of nitrogens with zero attached hydrogens (tertiary/aromatic N) is 3. The Morgan fingerprint density at radius 1 is 0.800 bits per heavy atom. The second-order valence-corrected chi connectivity index (χ2v) is 5.52. The van der Waals surface area contributed by atoms with Gasteiger partial charge in [-0.05, 0) is 36.4 Å². The van der Waals surface area contributed by atoms with Gasteiger partial charge in [0.25, 0.3) is 0 Å². The predicted octanol–water partition coefficient (Wildman–Crippen LogP) is 5.11. The average Bonchev–Trinajstić information content (AvgIpc) is 3.01. The van der Waals surface area contributed by atoms with E-state index in [0.29, 0.717) is 17.2 Å². The summed E-state index contributed by atoms with van der Waals surface area (Å²) in [6, 6.07) is 18.0. The molecule has 124 valence electrons. The Morgan fingerprint density at radius 2 is 1.52 bits per heavy atom. The van der Waals surface area contributed by atoms with E-state index in [9.17, 15) is 13.2 Å². The lowest BCUT2D eigenvalue weighted by Gasteiger charge is -2.10. The summed E-state index contributed by atoms with van der Waals surface area (Å²) in [6.45, 7) is 0. The van der Waals surface area contributed by atoms with Crippen molar-refractivity contribution in [3.05, 3.63) is 78.5 Å². The molecule has 0 saturated carbocycles. The molecule has 6 heteroatoms. The largest absolute Gasteiger partial charge is 0.416 e. The number of halogens is 3. The van der Waals surface area contributed by atoms with Crippen molar-refractivity contribution in [2.45, 2.75) is 6.18 Å². The molecule has 4 aromatic rings. The molecular formula is C19H12F3N3. The van der Waals surface area contributed by atoms with Gasteiger partial charge in [0.15, 0.2) is 0 Å². The Hall–Kier alpha value is -3.15. The van der Waals surface area contributed by atoms with Gasteiger partial charge >= 0.3 is 6.18 Å². The van der Waals surface area contributed by atoms with Crippen molar-refractivity contribution in [1.29, 1.82) is 0 Å². The van der Waals surface area contributed by atoms with Crippen LogP contribution >= 0.6 is 0 Å². The van der Waals surface area contributed by atoms with Crippen LogP contribution in [0.4, 0.5) is 13.2 Å². The molecule has 2 heterocycles. The highest BCUT2D eigenvalue weighted by atomic mass is 19.4. The Balaban J connectivity index is 1.93. The fourth-order valence-electron chi connectivity index (χ4n) is 2.75. The molecule has 4 rings (SSSR count). The molecule has 0 aliphatic carbocycles. The second-order valence-electron chi connectivity index (χ2n) is 5.52. The average molecular weight is 339 g/mol. The van der Waals surface area contributed by atoms with Crippen LogP contribution in [0.1, 0.15) is 5.56 Å². The quantitative estimate of drug-likeness (QED) is 0.508. The first-order chi connectivity index (χ1) is 12.0. The van der Waals surface area contributed by atoms with Gasteiger partial charge in [-0.1, -0.05) is 30.3 Å². The summed E-state index contributed by atoms with van der Waals surface area (Å²) in [7, 11) is 0. The fraction of sp³-hybridized carbons (Fsp3) is 0.0526. The first-order valence-corrected chi connectivity index (χ1v) is 7.60. The van der Waals surface area contributed by atoms with E-state index in [2.05, 4.69) is 9.97 Å². The minimum atomic E-state index is -4.36. The molecule has 0 bridgehead atoms. The third kappa shape index (κ3) is 2.76. The molecule has 0 radical (unpaired) electrons. The van der Waals surface area contributed by atoms with E-state index in [1.54, 1.807) is 12.3 Å². The van der Waals surface area contributed by atoms with Crippen molar-refractivity contribution in [3.8, 4) is 17.2 Å². The first-order valence-electron chi connectivity index (χ1n) is 7.60. The van der Waals surface area contributed by atoms with Gasteiger partial charge in [-0.3, -0.25) is 4.57 Å². The zero-order valence-electron chi connectivity index (χ0n) is 12.9. The lowest BCUT2D eigenvalue weighted by atomic mass is 10.1. The van der Waals surface area contributed by atoms with Crippen LogP contribution in [-0.2, 0) is 6.18 Å². The van der Waals surface area contributed by atoms with Crippen LogP contribution in [0.25, 0.3) is 28.2 Å². The fourth-order valence-corrected chi connectivity index (χ4v) is 2.75. The van der Waals surface area contributed by atoms with Crippen LogP contribution in [0.15, 0.2) is 72.9 Å². The van der Waals surface area contributed by atoms with E-state index in [0.717, 1.165) is 23.2 Å². The van der Waals surface area contributed by atoms with Crippen molar-refractivity contribution < 1.29 is 13.2 Å². The summed E-state index contributed by atoms with van der Waals surface area (Å²) in [5.74, 6) is 1.21. The molecule has 3 nitrogen and oxygen atoms in total. The van der Waals surface area contributed by atoms with Gasteiger partial charge in [-0.25, -0.2) is 9.97 Å². The minimum Gasteiger partial charge on any atom is -0.276 e. The predicted molar refractivity (Wildman–Crippen MR) is 89.3 cm³/mol. The highest BCUT2D eigenvalue weighted by molar-refractivity contribution is 5.82. The molecule has 0 fully saturated rings. The standard InChI is InChI=1S/C19H12F3N3/c20-19(21,22)14-10-8-13(9-11-14)18-24-15-5-1-2-6-16(15)25(18)17-7-3-4-12-23-17/h1-12H. The smallest absolute Gasteiger partial charge is 0.276 e. The third-order valence-electron chi connectivity index (χ3n) is 3.91. The molecule has 0 amide bonds. The van der Waals surface area contributed by atoms with Crippen LogP contribution in [-0.4, -0.2) is 14.5 Å². The number of alkyl halides is 3. The second kappa shape index (κ2) is 5.73. The van der Waals surface area contributed by atoms with Gasteiger partial charge in [0.1, 0.15) is 11.6 Å². The maximum absolute atomic E-state index is 12.8. The van der Waals surface area contributed by atoms with E-state index in [-0.39, 0.29) is 0 Å². The number of rotatable bonds is 2.